The molecule has 1 heteroatoms. The molecule has 1 nitrogen and oxygen atoms in total. The Morgan fingerprint density at radius 3 is 3.10 bits per heavy atom. The molecule has 0 saturated heterocycles. The summed E-state index contributed by atoms with van der Waals surface area (Å²) in [5, 5.41) is 3.97. The molecule has 1 aromatic carbocycles. The van der Waals surface area contributed by atoms with Gasteiger partial charge in [-0.25, -0.2) is 0 Å². The number of phenols is 1. The van der Waals surface area contributed by atoms with Crippen LogP contribution in [-0.4, -0.2) is 6.54 Å². The van der Waals surface area contributed by atoms with Crippen molar-refractivity contribution < 1.29 is 20.2 Å². The first kappa shape index (κ1) is 1.31. The summed E-state index contributed by atoms with van der Waals surface area (Å²) in [5.41, 5.74) is -1.04. The zero-order valence-corrected chi connectivity index (χ0v) is 4.91. The van der Waals surface area contributed by atoms with Gasteiger partial charge in [0.25, 0.3) is 1.43 Å². The van der Waals surface area contributed by atoms with Crippen LogP contribution in [0.25, 0.3) is 0 Å². The van der Waals surface area contributed by atoms with E-state index in [1.807, 2.05) is 0 Å². The lowest BCUT2D eigenvalue weighted by atomic mass is 10.1. The summed E-state index contributed by atoms with van der Waals surface area (Å²) < 4.78 is 89.1. The second kappa shape index (κ2) is 3.25. The predicted octanol–water partition coefficient (Wildman–Crippen LogP) is 2.34. The molecule has 0 fully saturated rings. The lowest BCUT2D eigenvalue weighted by molar-refractivity contribution is 0.475. The highest BCUT2D eigenvalue weighted by molar-refractivity contribution is 5.25. The standard InChI is InChI=1S/C9H12O/c1-2-3-8-4-6-9(10)7-5-8/h4-7,10H,2-3H2,1H3/i1D3,2D2,3D2,4D,5D,6D,7D/hD. The van der Waals surface area contributed by atoms with Crippen molar-refractivity contribution in [2.45, 2.75) is 19.6 Å². The van der Waals surface area contributed by atoms with Crippen LogP contribution >= 0.6 is 0 Å². The van der Waals surface area contributed by atoms with Gasteiger partial charge in [-0.1, -0.05) is 25.3 Å². The monoisotopic (exact) mass is 148 g/mol. The largest absolute Gasteiger partial charge is 0.508 e. The van der Waals surface area contributed by atoms with Crippen LogP contribution in [0.5, 0.6) is 5.75 Å². The van der Waals surface area contributed by atoms with Gasteiger partial charge in [0, 0.05) is 9.60 Å². The van der Waals surface area contributed by atoms with E-state index in [-0.39, 0.29) is 0 Å². The molecule has 0 saturated carbocycles. The SMILES string of the molecule is [2H]Oc1c([2H])c([2H])c(C([2H])([2H])C([2H])([2H])C([2H])([2H])[2H])c([2H])c1[2H]. The Kier molecular flexibility index (Phi) is 0.427. The highest BCUT2D eigenvalue weighted by atomic mass is 16.3. The van der Waals surface area contributed by atoms with E-state index in [9.17, 15) is 0 Å². The fourth-order valence-corrected chi connectivity index (χ4v) is 0.426. The summed E-state index contributed by atoms with van der Waals surface area (Å²) in [4.78, 5) is 0. The molecule has 0 radical (unpaired) electrons. The second-order valence-corrected chi connectivity index (χ2v) is 1.45. The van der Waals surface area contributed by atoms with Gasteiger partial charge in [-0.15, -0.1) is 0 Å². The quantitative estimate of drug-likeness (QED) is 0.697. The lowest BCUT2D eigenvalue weighted by Crippen LogP contribution is -1.79. The van der Waals surface area contributed by atoms with Gasteiger partial charge in [-0.2, -0.15) is 0 Å². The summed E-state index contributed by atoms with van der Waals surface area (Å²) in [6, 6.07) is -3.78. The van der Waals surface area contributed by atoms with E-state index in [0.717, 1.165) is 0 Å². The van der Waals surface area contributed by atoms with Crippen LogP contribution in [0, 0.1) is 0 Å². The van der Waals surface area contributed by atoms with Gasteiger partial charge in [0.1, 0.15) is 5.75 Å². The fraction of sp³-hybridized carbons (Fsp3) is 0.333. The molecule has 1 N–H and O–H groups in total. The molecule has 0 aliphatic rings. The average molecular weight is 148 g/mol. The Morgan fingerprint density at radius 1 is 1.70 bits per heavy atom. The number of rotatable bonds is 3. The van der Waals surface area contributed by atoms with Crippen molar-refractivity contribution in [3.63, 3.8) is 0 Å². The maximum absolute atomic E-state index is 7.77. The molecule has 0 amide bonds. The Bertz CT molecular complexity index is 560. The molecule has 0 bridgehead atoms. The first-order valence-corrected chi connectivity index (χ1v) is 2.45. The Morgan fingerprint density at radius 2 is 2.50 bits per heavy atom. The predicted molar refractivity (Wildman–Crippen MR) is 42.1 cm³/mol. The maximum Gasteiger partial charge on any atom is 0.293 e. The minimum absolute atomic E-state index is 0.760. The molecule has 54 valence electrons. The van der Waals surface area contributed by atoms with Gasteiger partial charge in [0.05, 0.1) is 5.48 Å². The van der Waals surface area contributed by atoms with Gasteiger partial charge in [0.2, 0.25) is 0 Å². The topological polar surface area (TPSA) is 20.2 Å². The molecule has 0 aliphatic heterocycles. The summed E-state index contributed by atoms with van der Waals surface area (Å²) in [7, 11) is 0. The third-order valence-electron chi connectivity index (χ3n) is 0.790. The summed E-state index contributed by atoms with van der Waals surface area (Å²) >= 11 is 0. The molecule has 1 rings (SSSR count). The van der Waals surface area contributed by atoms with Crippen molar-refractivity contribution in [1.82, 2.24) is 0 Å². The van der Waals surface area contributed by atoms with Crippen LogP contribution < -0.4 is 0 Å². The van der Waals surface area contributed by atoms with Crippen molar-refractivity contribution in [2.75, 3.05) is 0 Å². The van der Waals surface area contributed by atoms with E-state index >= 15 is 0 Å². The average Bonchev–Trinajstić information content (AvgIpc) is 2.35. The summed E-state index contributed by atoms with van der Waals surface area (Å²) in [5.74, 6) is -0.760. The number of aromatic hydroxyl groups is 1. The van der Waals surface area contributed by atoms with Gasteiger partial charge in [-0.3, -0.25) is 0 Å². The van der Waals surface area contributed by atoms with Crippen molar-refractivity contribution >= 4 is 0 Å². The minimum atomic E-state index is -3.46. The number of phenolic OH excluding ortho intramolecular Hbond substituents is 1. The van der Waals surface area contributed by atoms with Crippen LogP contribution in [0.4, 0.5) is 0 Å². The van der Waals surface area contributed by atoms with Crippen LogP contribution in [0.2, 0.25) is 0 Å². The Hall–Kier alpha value is -0.980. The highest BCUT2D eigenvalue weighted by Crippen LogP contribution is 2.10. The highest BCUT2D eigenvalue weighted by Gasteiger charge is 1.89. The van der Waals surface area contributed by atoms with Crippen LogP contribution in [0.15, 0.2) is 24.2 Å². The molecule has 0 heterocycles. The molecule has 0 unspecified atom stereocenters. The molecule has 1 aromatic rings. The number of benzene rings is 1. The fourth-order valence-electron chi connectivity index (χ4n) is 0.426. The van der Waals surface area contributed by atoms with Crippen LogP contribution in [-0.2, 0) is 6.37 Å². The number of hydrogen-bond acceptors (Lipinski definition) is 1. The zero-order valence-electron chi connectivity index (χ0n) is 16.9. The van der Waals surface area contributed by atoms with E-state index in [1.165, 1.54) is 0 Å². The van der Waals surface area contributed by atoms with Crippen molar-refractivity contribution in [3.8, 4) is 5.75 Å². The van der Waals surface area contributed by atoms with Gasteiger partial charge < -0.3 is 5.11 Å². The van der Waals surface area contributed by atoms with E-state index in [1.54, 1.807) is 0 Å². The number of hydrogen-bond donors (Lipinski definition) is 1. The van der Waals surface area contributed by atoms with Crippen LogP contribution in [0.3, 0.4) is 0 Å². The van der Waals surface area contributed by atoms with Gasteiger partial charge in [0.15, 0.2) is 0 Å². The molecular formula is C9H12O. The third kappa shape index (κ3) is 1.76. The second-order valence-electron chi connectivity index (χ2n) is 1.45. The van der Waals surface area contributed by atoms with E-state index < -0.39 is 55.1 Å². The smallest absolute Gasteiger partial charge is 0.293 e. The zero-order chi connectivity index (χ0) is 17.7. The summed E-state index contributed by atoms with van der Waals surface area (Å²) in [6.45, 7) is -3.40. The lowest BCUT2D eigenvalue weighted by Gasteiger charge is -1.96. The molecule has 0 aliphatic carbocycles. The summed E-state index contributed by atoms with van der Waals surface area (Å²) in [6.07, 6.45) is -6.80. The van der Waals surface area contributed by atoms with E-state index in [0.29, 0.717) is 0 Å². The first-order valence-electron chi connectivity index (χ1n) is 8.36. The Labute approximate surface area is 78.3 Å². The first-order chi connectivity index (χ1) is 9.71. The molecule has 0 spiro atoms. The van der Waals surface area contributed by atoms with Crippen LogP contribution in [0.1, 0.15) is 33.9 Å². The van der Waals surface area contributed by atoms with Gasteiger partial charge >= 0.3 is 0 Å². The van der Waals surface area contributed by atoms with Crippen molar-refractivity contribution in [2.24, 2.45) is 0 Å². The van der Waals surface area contributed by atoms with Gasteiger partial charge in [-0.05, 0) is 24.0 Å². The minimum Gasteiger partial charge on any atom is -0.508 e. The molecule has 10 heavy (non-hydrogen) atoms. The van der Waals surface area contributed by atoms with Crippen molar-refractivity contribution in [1.29, 1.82) is 1.43 Å². The third-order valence-corrected chi connectivity index (χ3v) is 0.790. The Balaban J connectivity index is 3.78. The van der Waals surface area contributed by atoms with E-state index in [4.69, 9.17) is 16.5 Å². The normalized spacial score (nSPS) is 30.8. The molecule has 0 aromatic heterocycles. The van der Waals surface area contributed by atoms with E-state index in [2.05, 4.69) is 5.11 Å². The maximum atomic E-state index is 7.77. The molecular weight excluding hydrogens is 124 g/mol. The van der Waals surface area contributed by atoms with Crippen molar-refractivity contribution in [3.05, 3.63) is 29.7 Å². The molecule has 0 atom stereocenters.